The summed E-state index contributed by atoms with van der Waals surface area (Å²) in [4.78, 5) is 71.6. The van der Waals surface area contributed by atoms with E-state index in [1.807, 2.05) is 19.1 Å². The number of imide groups is 2. The number of nitrogens with zero attached hydrogens (tertiary/aromatic N) is 3. The van der Waals surface area contributed by atoms with E-state index in [2.05, 4.69) is 16.9 Å². The first-order chi connectivity index (χ1) is 29.7. The second-order valence-electron chi connectivity index (χ2n) is 14.1. The fraction of sp³-hybridized carbons (Fsp3) is 0.273. The van der Waals surface area contributed by atoms with Crippen molar-refractivity contribution in [3.63, 3.8) is 0 Å². The summed E-state index contributed by atoms with van der Waals surface area (Å²) < 4.78 is 46.8. The first-order valence-corrected chi connectivity index (χ1v) is 21.7. The Hall–Kier alpha value is -5.77. The first kappa shape index (κ1) is 45.7. The molecule has 0 radical (unpaired) electrons. The lowest BCUT2D eigenvalue weighted by molar-refractivity contribution is -0.144. The van der Waals surface area contributed by atoms with E-state index in [9.17, 15) is 32.8 Å². The molecule has 2 aliphatic heterocycles. The van der Waals surface area contributed by atoms with Crippen molar-refractivity contribution in [2.75, 3.05) is 19.8 Å². The summed E-state index contributed by atoms with van der Waals surface area (Å²) in [6.45, 7) is 6.07. The number of carbonyl (C=O) groups excluding carboxylic acids is 5. The van der Waals surface area contributed by atoms with Crippen LogP contribution < -0.4 is 14.9 Å². The van der Waals surface area contributed by atoms with Gasteiger partial charge in [0.05, 0.1) is 24.4 Å². The maximum Gasteiger partial charge on any atom is 0.419 e. The van der Waals surface area contributed by atoms with Crippen LogP contribution in [0.15, 0.2) is 128 Å². The fourth-order valence-electron chi connectivity index (χ4n) is 6.23. The number of halogens is 2. The van der Waals surface area contributed by atoms with Crippen LogP contribution in [0.5, 0.6) is 11.5 Å². The van der Waals surface area contributed by atoms with Crippen molar-refractivity contribution in [1.29, 1.82) is 0 Å². The van der Waals surface area contributed by atoms with E-state index in [1.165, 1.54) is 46.2 Å². The second-order valence-corrected chi connectivity index (χ2v) is 17.2. The topological polar surface area (TPSA) is 155 Å². The smallest absolute Gasteiger partial charge is 0.419 e. The Bertz CT molecular complexity index is 2340. The first-order valence-electron chi connectivity index (χ1n) is 19.4. The summed E-state index contributed by atoms with van der Waals surface area (Å²) in [5, 5.41) is 0.959. The number of hydrogen-bond acceptors (Lipinski definition) is 12. The molecule has 13 nitrogen and oxygen atoms in total. The molecule has 3 heterocycles. The molecule has 324 valence electrons. The molecule has 2 aliphatic rings. The number of alkyl halides is 2. The highest BCUT2D eigenvalue weighted by Crippen LogP contribution is 2.36. The van der Waals surface area contributed by atoms with Crippen LogP contribution in [0.4, 0.5) is 23.2 Å². The van der Waals surface area contributed by atoms with Crippen molar-refractivity contribution in [1.82, 2.24) is 19.9 Å². The summed E-state index contributed by atoms with van der Waals surface area (Å²) in [7, 11) is 1.52. The lowest BCUT2D eigenvalue weighted by atomic mass is 9.98. The van der Waals surface area contributed by atoms with Crippen LogP contribution in [-0.2, 0) is 37.6 Å². The van der Waals surface area contributed by atoms with Gasteiger partial charge in [-0.3, -0.25) is 24.5 Å². The molecule has 3 aromatic carbocycles. The number of hydroxylamine groups is 2. The number of carbonyl (C=O) groups is 5. The Labute approximate surface area is 367 Å². The van der Waals surface area contributed by atoms with Gasteiger partial charge in [0.15, 0.2) is 5.75 Å². The number of ether oxygens (including phenoxy) is 3. The second kappa shape index (κ2) is 21.3. The van der Waals surface area contributed by atoms with Gasteiger partial charge < -0.3 is 19.0 Å². The van der Waals surface area contributed by atoms with Gasteiger partial charge in [-0.2, -0.15) is 8.78 Å². The fourth-order valence-corrected chi connectivity index (χ4v) is 8.23. The molecule has 4 aromatic rings. The molecule has 4 amide bonds. The molecule has 0 spiro atoms. The maximum absolute atomic E-state index is 14.1. The highest BCUT2D eigenvalue weighted by Gasteiger charge is 2.42. The third kappa shape index (κ3) is 12.9. The lowest BCUT2D eigenvalue weighted by Gasteiger charge is -2.20. The largest absolute Gasteiger partial charge is 0.494 e. The van der Waals surface area contributed by atoms with E-state index in [0.717, 1.165) is 44.3 Å². The number of rotatable bonds is 20. The Balaban J connectivity index is 0.967. The van der Waals surface area contributed by atoms with Crippen molar-refractivity contribution in [3.8, 4) is 11.5 Å². The maximum atomic E-state index is 14.1. The number of hydrogen-bond donors (Lipinski definition) is 1. The van der Waals surface area contributed by atoms with Gasteiger partial charge in [0.25, 0.3) is 16.8 Å². The molecule has 6 rings (SSSR count). The van der Waals surface area contributed by atoms with Crippen LogP contribution in [0.3, 0.4) is 0 Å². The van der Waals surface area contributed by atoms with Gasteiger partial charge in [-0.1, -0.05) is 86.8 Å². The van der Waals surface area contributed by atoms with Crippen molar-refractivity contribution < 1.29 is 51.8 Å². The molecular weight excluding hydrogens is 862 g/mol. The Kier molecular flexibility index (Phi) is 15.8. The third-order valence-corrected chi connectivity index (χ3v) is 11.8. The minimum absolute atomic E-state index is 0.00333. The van der Waals surface area contributed by atoms with Gasteiger partial charge in [-0.05, 0) is 104 Å². The standard InChI is InChI=1S/C44H43F2N4O9PS2/c1-3-34(15-12-28(2)21-37-39(51)48-41(53)61-37)56-20-6-8-29-7-4-11-36(22-29)59-50-40(52)38(62-43(50)55)23-30-13-16-35(17-14-30)57-25-32(26-58-42(54)49-19-18-47-27-49)31-9-5-10-33(24-31)44(45,46)60/h3-5,7,9-19,22,24,27,32,37-38H,2,6,8,20-21,23,25-26,60H2,1H3,(H,48,51,53)/b15-12-,34-3+. The van der Waals surface area contributed by atoms with Gasteiger partial charge >= 0.3 is 11.3 Å². The van der Waals surface area contributed by atoms with Crippen molar-refractivity contribution in [2.45, 2.75) is 54.7 Å². The van der Waals surface area contributed by atoms with Gasteiger partial charge in [0.1, 0.15) is 29.7 Å². The molecule has 62 heavy (non-hydrogen) atoms. The normalized spacial score (nSPS) is 17.4. The SMILES string of the molecule is C=C(/C=C\C(=C/C)OCCCc1cccc(ON2C(=O)SC(Cc3ccc(OCC(COC(=O)n4ccnc4)c4cccc(C(F)(F)P)c4)cc3)C2=O)c1)CC1SC(=O)NC1=O. The molecule has 4 atom stereocenters. The van der Waals surface area contributed by atoms with Crippen LogP contribution in [-0.4, -0.2) is 73.3 Å². The molecule has 2 saturated heterocycles. The van der Waals surface area contributed by atoms with Crippen LogP contribution in [0.1, 0.15) is 47.9 Å². The molecule has 18 heteroatoms. The van der Waals surface area contributed by atoms with Crippen LogP contribution in [0.2, 0.25) is 0 Å². The molecule has 4 unspecified atom stereocenters. The Morgan fingerprint density at radius 2 is 1.76 bits per heavy atom. The molecule has 1 N–H and O–H groups in total. The summed E-state index contributed by atoms with van der Waals surface area (Å²) in [6, 6.07) is 19.9. The predicted octanol–water partition coefficient (Wildman–Crippen LogP) is 8.96. The third-order valence-electron chi connectivity index (χ3n) is 9.50. The average Bonchev–Trinajstić information content (AvgIpc) is 3.97. The van der Waals surface area contributed by atoms with E-state index in [4.69, 9.17) is 19.0 Å². The van der Waals surface area contributed by atoms with Crippen LogP contribution in [0.25, 0.3) is 0 Å². The van der Waals surface area contributed by atoms with E-state index in [0.29, 0.717) is 54.3 Å². The zero-order valence-corrected chi connectivity index (χ0v) is 36.2. The number of benzene rings is 3. The average molecular weight is 905 g/mol. The van der Waals surface area contributed by atoms with Gasteiger partial charge in [0, 0.05) is 18.0 Å². The number of thioether (sulfide) groups is 2. The molecule has 1 aromatic heterocycles. The summed E-state index contributed by atoms with van der Waals surface area (Å²) >= 11 is 1.83. The van der Waals surface area contributed by atoms with E-state index >= 15 is 0 Å². The summed E-state index contributed by atoms with van der Waals surface area (Å²) in [6.07, 6.45) is 10.7. The van der Waals surface area contributed by atoms with E-state index in [1.54, 1.807) is 60.7 Å². The van der Waals surface area contributed by atoms with Crippen LogP contribution >= 0.6 is 32.8 Å². The van der Waals surface area contributed by atoms with Gasteiger partial charge in [-0.25, -0.2) is 14.3 Å². The Morgan fingerprint density at radius 3 is 2.47 bits per heavy atom. The minimum atomic E-state index is -3.15. The van der Waals surface area contributed by atoms with Crippen molar-refractivity contribution in [3.05, 3.63) is 150 Å². The quantitative estimate of drug-likeness (QED) is 0.0390. The zero-order valence-electron chi connectivity index (χ0n) is 33.4. The molecule has 0 bridgehead atoms. The number of allylic oxidation sites excluding steroid dienone is 4. The number of imidazole rings is 1. The summed E-state index contributed by atoms with van der Waals surface area (Å²) in [5.41, 5.74) is -0.506. The number of aromatic nitrogens is 2. The molecule has 0 aliphatic carbocycles. The molecule has 2 fully saturated rings. The number of amides is 4. The number of aryl methyl sites for hydroxylation is 1. The number of nitrogens with one attached hydrogen (secondary N) is 1. The highest BCUT2D eigenvalue weighted by molar-refractivity contribution is 8.15. The van der Waals surface area contributed by atoms with Crippen molar-refractivity contribution in [2.24, 2.45) is 0 Å². The lowest BCUT2D eigenvalue weighted by Crippen LogP contribution is -2.35. The van der Waals surface area contributed by atoms with Crippen LogP contribution in [0, 0.1) is 0 Å². The predicted molar refractivity (Wildman–Crippen MR) is 234 cm³/mol. The molecule has 0 saturated carbocycles. The monoisotopic (exact) mass is 904 g/mol. The van der Waals surface area contributed by atoms with Gasteiger partial charge in [-0.15, -0.1) is 0 Å². The van der Waals surface area contributed by atoms with E-state index in [-0.39, 0.29) is 36.3 Å². The Morgan fingerprint density at radius 1 is 0.968 bits per heavy atom. The zero-order chi connectivity index (χ0) is 44.2. The minimum Gasteiger partial charge on any atom is -0.494 e. The molecular formula is C44H43F2N4O9PS2. The summed E-state index contributed by atoms with van der Waals surface area (Å²) in [5.74, 6) is 0.0249. The van der Waals surface area contributed by atoms with E-state index < -0.39 is 39.3 Å². The van der Waals surface area contributed by atoms with Gasteiger partial charge in [0.2, 0.25) is 5.91 Å². The highest BCUT2D eigenvalue weighted by atomic mass is 32.2. The van der Waals surface area contributed by atoms with Crippen molar-refractivity contribution >= 4 is 61.1 Å².